The summed E-state index contributed by atoms with van der Waals surface area (Å²) in [5, 5.41) is 4.95. The van der Waals surface area contributed by atoms with Crippen LogP contribution in [0.15, 0.2) is 67.1 Å². The van der Waals surface area contributed by atoms with Crippen molar-refractivity contribution in [2.75, 3.05) is 41.3 Å². The third-order valence-corrected chi connectivity index (χ3v) is 5.80. The summed E-state index contributed by atoms with van der Waals surface area (Å²) in [4.78, 5) is 22.9. The first-order valence-corrected chi connectivity index (χ1v) is 10.7. The van der Waals surface area contributed by atoms with Gasteiger partial charge in [0.1, 0.15) is 11.6 Å². The molecule has 0 unspecified atom stereocenters. The average molecular weight is 432 g/mol. The molecular weight excluding hydrogens is 410 g/mol. The molecular formula is C23H22ClN7. The maximum atomic E-state index is 6.24. The molecule has 0 radical (unpaired) electrons. The lowest BCUT2D eigenvalue weighted by atomic mass is 10.2. The van der Waals surface area contributed by atoms with Gasteiger partial charge in [0, 0.05) is 56.3 Å². The highest BCUT2D eigenvalue weighted by Gasteiger charge is 2.21. The van der Waals surface area contributed by atoms with Gasteiger partial charge in [0.25, 0.3) is 0 Å². The van der Waals surface area contributed by atoms with E-state index in [1.807, 2.05) is 61.1 Å². The average Bonchev–Trinajstić information content (AvgIpc) is 2.84. The second kappa shape index (κ2) is 8.73. The molecule has 31 heavy (non-hydrogen) atoms. The van der Waals surface area contributed by atoms with Crippen LogP contribution in [0.25, 0.3) is 10.9 Å². The van der Waals surface area contributed by atoms with Crippen molar-refractivity contribution < 1.29 is 0 Å². The summed E-state index contributed by atoms with van der Waals surface area (Å²) in [6.07, 6.45) is 5.50. The zero-order valence-corrected chi connectivity index (χ0v) is 17.7. The molecule has 8 heteroatoms. The Hall–Kier alpha value is -3.45. The highest BCUT2D eigenvalue weighted by molar-refractivity contribution is 6.31. The fraction of sp³-hybridized carbons (Fsp3) is 0.217. The number of halogens is 1. The van der Waals surface area contributed by atoms with Crippen LogP contribution in [-0.2, 0) is 6.54 Å². The van der Waals surface area contributed by atoms with E-state index in [9.17, 15) is 0 Å². The molecule has 0 bridgehead atoms. The lowest BCUT2D eigenvalue weighted by Gasteiger charge is -2.36. The Morgan fingerprint density at radius 1 is 0.839 bits per heavy atom. The predicted molar refractivity (Wildman–Crippen MR) is 125 cm³/mol. The summed E-state index contributed by atoms with van der Waals surface area (Å²) in [6, 6.07) is 15.7. The molecule has 4 aromatic rings. The van der Waals surface area contributed by atoms with Crippen molar-refractivity contribution in [1.82, 2.24) is 19.9 Å². The van der Waals surface area contributed by atoms with Crippen LogP contribution in [0.1, 0.15) is 5.56 Å². The number of rotatable bonds is 5. The van der Waals surface area contributed by atoms with Gasteiger partial charge in [-0.2, -0.15) is 0 Å². The van der Waals surface area contributed by atoms with E-state index < -0.39 is 0 Å². The number of piperazine rings is 1. The first-order valence-electron chi connectivity index (χ1n) is 10.3. The standard InChI is InChI=1S/C23H22ClN7/c24-19-6-2-1-5-17(19)15-27-23-28-16-18-20(29-23)8-10-26-22(18)31-13-11-30(12-14-31)21-7-3-4-9-25-21/h1-10,16H,11-15H2,(H,27,28,29). The normalized spacial score (nSPS) is 14.1. The SMILES string of the molecule is Clc1ccccc1CNc1ncc2c(N3CCN(c4ccccn4)CC3)nccc2n1. The number of anilines is 3. The van der Waals surface area contributed by atoms with Gasteiger partial charge in [-0.1, -0.05) is 35.9 Å². The second-order valence-electron chi connectivity index (χ2n) is 7.37. The van der Waals surface area contributed by atoms with E-state index in [-0.39, 0.29) is 0 Å². The Bertz CT molecular complexity index is 1180. The molecule has 0 aliphatic carbocycles. The predicted octanol–water partition coefficient (Wildman–Crippen LogP) is 4.01. The van der Waals surface area contributed by atoms with Gasteiger partial charge in [0.15, 0.2) is 0 Å². The Labute approximate surface area is 185 Å². The van der Waals surface area contributed by atoms with Crippen LogP contribution in [0.3, 0.4) is 0 Å². The van der Waals surface area contributed by atoms with E-state index in [0.717, 1.165) is 59.3 Å². The van der Waals surface area contributed by atoms with E-state index in [0.29, 0.717) is 12.5 Å². The number of hydrogen-bond acceptors (Lipinski definition) is 7. The molecule has 0 amide bonds. The number of nitrogens with one attached hydrogen (secondary N) is 1. The summed E-state index contributed by atoms with van der Waals surface area (Å²) < 4.78 is 0. The summed E-state index contributed by atoms with van der Waals surface area (Å²) in [7, 11) is 0. The van der Waals surface area contributed by atoms with E-state index >= 15 is 0 Å². The van der Waals surface area contributed by atoms with Crippen molar-refractivity contribution in [3.63, 3.8) is 0 Å². The van der Waals surface area contributed by atoms with Crippen LogP contribution in [-0.4, -0.2) is 46.1 Å². The summed E-state index contributed by atoms with van der Waals surface area (Å²) in [6.45, 7) is 4.10. The molecule has 1 fully saturated rings. The van der Waals surface area contributed by atoms with Crippen molar-refractivity contribution >= 4 is 40.1 Å². The van der Waals surface area contributed by atoms with Crippen molar-refractivity contribution in [2.45, 2.75) is 6.54 Å². The second-order valence-corrected chi connectivity index (χ2v) is 7.78. The quantitative estimate of drug-likeness (QED) is 0.511. The fourth-order valence-corrected chi connectivity index (χ4v) is 3.99. The molecule has 0 atom stereocenters. The minimum absolute atomic E-state index is 0.568. The largest absolute Gasteiger partial charge is 0.353 e. The molecule has 156 valence electrons. The highest BCUT2D eigenvalue weighted by Crippen LogP contribution is 2.25. The van der Waals surface area contributed by atoms with Gasteiger partial charge in [0.05, 0.1) is 10.9 Å². The van der Waals surface area contributed by atoms with Crippen LogP contribution in [0, 0.1) is 0 Å². The molecule has 7 nitrogen and oxygen atoms in total. The lowest BCUT2D eigenvalue weighted by molar-refractivity contribution is 0.643. The van der Waals surface area contributed by atoms with Gasteiger partial charge in [-0.15, -0.1) is 0 Å². The zero-order valence-electron chi connectivity index (χ0n) is 16.9. The molecule has 3 aromatic heterocycles. The summed E-state index contributed by atoms with van der Waals surface area (Å²) in [5.41, 5.74) is 1.88. The molecule has 0 saturated carbocycles. The number of hydrogen-bond donors (Lipinski definition) is 1. The maximum absolute atomic E-state index is 6.24. The van der Waals surface area contributed by atoms with Gasteiger partial charge in [0.2, 0.25) is 5.95 Å². The van der Waals surface area contributed by atoms with E-state index in [2.05, 4.69) is 41.1 Å². The number of benzene rings is 1. The van der Waals surface area contributed by atoms with Gasteiger partial charge < -0.3 is 15.1 Å². The zero-order chi connectivity index (χ0) is 21.0. The fourth-order valence-electron chi connectivity index (χ4n) is 3.78. The van der Waals surface area contributed by atoms with Crippen molar-refractivity contribution in [3.8, 4) is 0 Å². The highest BCUT2D eigenvalue weighted by atomic mass is 35.5. The third kappa shape index (κ3) is 4.22. The van der Waals surface area contributed by atoms with E-state index in [1.165, 1.54) is 0 Å². The molecule has 0 spiro atoms. The van der Waals surface area contributed by atoms with Crippen LogP contribution in [0.5, 0.6) is 0 Å². The summed E-state index contributed by atoms with van der Waals surface area (Å²) >= 11 is 6.24. The minimum Gasteiger partial charge on any atom is -0.353 e. The number of fused-ring (bicyclic) bond motifs is 1. The molecule has 1 saturated heterocycles. The molecule has 1 aromatic carbocycles. The summed E-state index contributed by atoms with van der Waals surface area (Å²) in [5.74, 6) is 2.52. The van der Waals surface area contributed by atoms with E-state index in [4.69, 9.17) is 11.6 Å². The van der Waals surface area contributed by atoms with Crippen molar-refractivity contribution in [1.29, 1.82) is 0 Å². The van der Waals surface area contributed by atoms with Crippen LogP contribution in [0.2, 0.25) is 5.02 Å². The Morgan fingerprint density at radius 2 is 1.65 bits per heavy atom. The molecule has 1 aliphatic rings. The Balaban J connectivity index is 1.31. The third-order valence-electron chi connectivity index (χ3n) is 5.44. The monoisotopic (exact) mass is 431 g/mol. The number of aromatic nitrogens is 4. The van der Waals surface area contributed by atoms with Crippen molar-refractivity contribution in [3.05, 3.63) is 77.7 Å². The first kappa shape index (κ1) is 19.5. The molecule has 4 heterocycles. The number of nitrogens with zero attached hydrogens (tertiary/aromatic N) is 6. The number of pyridine rings is 2. The van der Waals surface area contributed by atoms with Gasteiger partial charge in [-0.05, 0) is 29.8 Å². The molecule has 1 aliphatic heterocycles. The minimum atomic E-state index is 0.568. The van der Waals surface area contributed by atoms with Gasteiger partial charge >= 0.3 is 0 Å². The smallest absolute Gasteiger partial charge is 0.223 e. The van der Waals surface area contributed by atoms with Gasteiger partial charge in [-0.3, -0.25) is 0 Å². The van der Waals surface area contributed by atoms with E-state index in [1.54, 1.807) is 0 Å². The van der Waals surface area contributed by atoms with Crippen LogP contribution in [0.4, 0.5) is 17.6 Å². The van der Waals surface area contributed by atoms with Crippen molar-refractivity contribution in [2.24, 2.45) is 0 Å². The Morgan fingerprint density at radius 3 is 2.45 bits per heavy atom. The molecule has 5 rings (SSSR count). The lowest BCUT2D eigenvalue weighted by Crippen LogP contribution is -2.47. The molecule has 1 N–H and O–H groups in total. The Kier molecular flexibility index (Phi) is 5.50. The maximum Gasteiger partial charge on any atom is 0.223 e. The topological polar surface area (TPSA) is 70.1 Å². The van der Waals surface area contributed by atoms with Crippen LogP contribution >= 0.6 is 11.6 Å². The van der Waals surface area contributed by atoms with Crippen LogP contribution < -0.4 is 15.1 Å². The first-order chi connectivity index (χ1) is 15.3. The van der Waals surface area contributed by atoms with Gasteiger partial charge in [-0.25, -0.2) is 19.9 Å².